The van der Waals surface area contributed by atoms with Crippen LogP contribution >= 0.6 is 0 Å². The van der Waals surface area contributed by atoms with Gasteiger partial charge in [0.1, 0.15) is 11.4 Å². The molecule has 9 nitrogen and oxygen atoms in total. The van der Waals surface area contributed by atoms with Crippen molar-refractivity contribution < 1.29 is 19.1 Å². The second-order valence-electron chi connectivity index (χ2n) is 11.5. The van der Waals surface area contributed by atoms with Crippen molar-refractivity contribution in [3.05, 3.63) is 77.7 Å². The predicted molar refractivity (Wildman–Crippen MR) is 153 cm³/mol. The standard InChI is InChI=1S/C31H39N5O4/c1-31(2,3)40-30(39)34-18-21-9-11-24(12-10-21)29(38)36-25(17-20-7-5-4-6-8-20)28-33-19-26(35-28)22-13-15-23(16-14-22)27(32)37/h4-8,13-16,19,21,24-25H,9-12,17-18H2,1-3H3,(H2,32,37)(H,33,35)(H,34,39)(H,36,38)/t21?,24?,25-/m0/s1. The summed E-state index contributed by atoms with van der Waals surface area (Å²) in [5, 5.41) is 6.11. The highest BCUT2D eigenvalue weighted by Crippen LogP contribution is 2.30. The second-order valence-corrected chi connectivity index (χ2v) is 11.5. The number of imidazole rings is 1. The third-order valence-corrected chi connectivity index (χ3v) is 7.16. The van der Waals surface area contributed by atoms with Gasteiger partial charge < -0.3 is 26.1 Å². The third kappa shape index (κ3) is 8.18. The summed E-state index contributed by atoms with van der Waals surface area (Å²) in [7, 11) is 0. The number of hydrogen-bond donors (Lipinski definition) is 4. The number of primary amides is 1. The van der Waals surface area contributed by atoms with Crippen molar-refractivity contribution in [2.24, 2.45) is 17.6 Å². The van der Waals surface area contributed by atoms with E-state index in [0.717, 1.165) is 42.5 Å². The number of nitrogens with one attached hydrogen (secondary N) is 3. The number of nitrogens with two attached hydrogens (primary N) is 1. The fourth-order valence-corrected chi connectivity index (χ4v) is 5.00. The number of hydrogen-bond acceptors (Lipinski definition) is 5. The third-order valence-electron chi connectivity index (χ3n) is 7.16. The maximum atomic E-state index is 13.4. The fraction of sp³-hybridized carbons (Fsp3) is 0.419. The molecule has 4 rings (SSSR count). The molecule has 0 saturated heterocycles. The Morgan fingerprint density at radius 3 is 2.33 bits per heavy atom. The highest BCUT2D eigenvalue weighted by molar-refractivity contribution is 5.93. The molecule has 9 heteroatoms. The minimum Gasteiger partial charge on any atom is -0.444 e. The Morgan fingerprint density at radius 2 is 1.70 bits per heavy atom. The molecule has 0 spiro atoms. The zero-order valence-electron chi connectivity index (χ0n) is 23.4. The monoisotopic (exact) mass is 545 g/mol. The molecule has 3 aromatic rings. The van der Waals surface area contributed by atoms with E-state index in [1.165, 1.54) is 0 Å². The van der Waals surface area contributed by atoms with E-state index in [0.29, 0.717) is 30.3 Å². The highest BCUT2D eigenvalue weighted by Gasteiger charge is 2.29. The van der Waals surface area contributed by atoms with Crippen molar-refractivity contribution >= 4 is 17.9 Å². The summed E-state index contributed by atoms with van der Waals surface area (Å²) in [5.41, 5.74) is 8.02. The Morgan fingerprint density at radius 1 is 1.02 bits per heavy atom. The van der Waals surface area contributed by atoms with Gasteiger partial charge in [-0.05, 0) is 82.1 Å². The molecule has 0 aliphatic heterocycles. The molecule has 1 saturated carbocycles. The van der Waals surface area contributed by atoms with E-state index in [2.05, 4.69) is 20.6 Å². The van der Waals surface area contributed by atoms with E-state index in [9.17, 15) is 14.4 Å². The van der Waals surface area contributed by atoms with Crippen molar-refractivity contribution in [2.45, 2.75) is 64.5 Å². The van der Waals surface area contributed by atoms with E-state index >= 15 is 0 Å². The molecule has 1 heterocycles. The lowest BCUT2D eigenvalue weighted by atomic mass is 9.81. The summed E-state index contributed by atoms with van der Waals surface area (Å²) in [6, 6.07) is 16.7. The molecular weight excluding hydrogens is 506 g/mol. The van der Waals surface area contributed by atoms with Crippen molar-refractivity contribution in [1.82, 2.24) is 20.6 Å². The molecule has 3 amide bonds. The number of carbonyl (C=O) groups excluding carboxylic acids is 3. The molecule has 1 aliphatic rings. The van der Waals surface area contributed by atoms with Gasteiger partial charge in [-0.2, -0.15) is 0 Å². The molecule has 5 N–H and O–H groups in total. The Bertz CT molecular complexity index is 1290. The molecule has 1 atom stereocenters. The number of nitrogens with zero attached hydrogens (tertiary/aromatic N) is 1. The number of ether oxygens (including phenoxy) is 1. The van der Waals surface area contributed by atoms with Crippen molar-refractivity contribution in [3.8, 4) is 11.3 Å². The summed E-state index contributed by atoms with van der Waals surface area (Å²) in [6.45, 7) is 6.07. The van der Waals surface area contributed by atoms with E-state index in [-0.39, 0.29) is 17.9 Å². The Hall–Kier alpha value is -4.14. The Labute approximate surface area is 235 Å². The molecular formula is C31H39N5O4. The summed E-state index contributed by atoms with van der Waals surface area (Å²) < 4.78 is 5.33. The molecule has 212 valence electrons. The minimum absolute atomic E-state index is 0.0169. The number of rotatable bonds is 9. The van der Waals surface area contributed by atoms with E-state index < -0.39 is 17.6 Å². The van der Waals surface area contributed by atoms with Gasteiger partial charge in [-0.25, -0.2) is 9.78 Å². The van der Waals surface area contributed by atoms with Gasteiger partial charge in [0.2, 0.25) is 11.8 Å². The topological polar surface area (TPSA) is 139 Å². The Kier molecular flexibility index (Phi) is 9.24. The second kappa shape index (κ2) is 12.8. The lowest BCUT2D eigenvalue weighted by molar-refractivity contribution is -0.127. The average Bonchev–Trinajstić information content (AvgIpc) is 3.42. The van der Waals surface area contributed by atoms with Crippen LogP contribution in [0.2, 0.25) is 0 Å². The normalized spacial score (nSPS) is 18.0. The Balaban J connectivity index is 1.38. The zero-order valence-corrected chi connectivity index (χ0v) is 23.4. The van der Waals surface area contributed by atoms with Gasteiger partial charge in [0, 0.05) is 18.0 Å². The van der Waals surface area contributed by atoms with Gasteiger partial charge in [0.25, 0.3) is 0 Å². The summed E-state index contributed by atoms with van der Waals surface area (Å²) in [4.78, 5) is 44.8. The van der Waals surface area contributed by atoms with E-state index in [4.69, 9.17) is 10.5 Å². The lowest BCUT2D eigenvalue weighted by Gasteiger charge is -2.29. The minimum atomic E-state index is -0.527. The van der Waals surface area contributed by atoms with Gasteiger partial charge >= 0.3 is 6.09 Å². The van der Waals surface area contributed by atoms with E-state index in [1.807, 2.05) is 63.2 Å². The van der Waals surface area contributed by atoms with Crippen LogP contribution in [0.3, 0.4) is 0 Å². The number of benzene rings is 2. The SMILES string of the molecule is CC(C)(C)OC(=O)NCC1CCC(C(=O)N[C@@H](Cc2ccccc2)c2ncc(-c3ccc(C(N)=O)cc3)[nH]2)CC1. The highest BCUT2D eigenvalue weighted by atomic mass is 16.6. The largest absolute Gasteiger partial charge is 0.444 e. The van der Waals surface area contributed by atoms with Gasteiger partial charge in [-0.1, -0.05) is 42.5 Å². The molecule has 1 aromatic heterocycles. The summed E-state index contributed by atoms with van der Waals surface area (Å²) in [5.74, 6) is 0.442. The molecule has 0 radical (unpaired) electrons. The molecule has 0 unspecified atom stereocenters. The average molecular weight is 546 g/mol. The van der Waals surface area contributed by atoms with Crippen LogP contribution in [-0.2, 0) is 16.0 Å². The van der Waals surface area contributed by atoms with Crippen LogP contribution in [0, 0.1) is 11.8 Å². The number of aromatic amines is 1. The van der Waals surface area contributed by atoms with Crippen LogP contribution in [0.25, 0.3) is 11.3 Å². The van der Waals surface area contributed by atoms with Crippen LogP contribution in [0.1, 0.15) is 74.2 Å². The molecule has 0 bridgehead atoms. The lowest BCUT2D eigenvalue weighted by Crippen LogP contribution is -2.39. The maximum Gasteiger partial charge on any atom is 0.407 e. The number of aromatic nitrogens is 2. The molecule has 40 heavy (non-hydrogen) atoms. The first-order valence-corrected chi connectivity index (χ1v) is 13.8. The number of carbonyl (C=O) groups is 3. The van der Waals surface area contributed by atoms with Gasteiger partial charge in [0.15, 0.2) is 0 Å². The fourth-order valence-electron chi connectivity index (χ4n) is 5.00. The first-order chi connectivity index (χ1) is 19.1. The summed E-state index contributed by atoms with van der Waals surface area (Å²) in [6.07, 6.45) is 5.18. The van der Waals surface area contributed by atoms with Crippen LogP contribution in [0.4, 0.5) is 4.79 Å². The van der Waals surface area contributed by atoms with Crippen LogP contribution in [-0.4, -0.2) is 40.0 Å². The smallest absolute Gasteiger partial charge is 0.407 e. The van der Waals surface area contributed by atoms with Crippen molar-refractivity contribution in [1.29, 1.82) is 0 Å². The zero-order chi connectivity index (χ0) is 28.7. The van der Waals surface area contributed by atoms with Crippen LogP contribution in [0.15, 0.2) is 60.8 Å². The van der Waals surface area contributed by atoms with Gasteiger partial charge in [0.05, 0.1) is 17.9 Å². The van der Waals surface area contributed by atoms with Crippen LogP contribution in [0.5, 0.6) is 0 Å². The number of amides is 3. The van der Waals surface area contributed by atoms with Gasteiger partial charge in [-0.15, -0.1) is 0 Å². The first-order valence-electron chi connectivity index (χ1n) is 13.8. The van der Waals surface area contributed by atoms with Gasteiger partial charge in [-0.3, -0.25) is 9.59 Å². The quantitative estimate of drug-likeness (QED) is 0.303. The molecule has 1 fully saturated rings. The van der Waals surface area contributed by atoms with Crippen LogP contribution < -0.4 is 16.4 Å². The first kappa shape index (κ1) is 28.9. The maximum absolute atomic E-state index is 13.4. The van der Waals surface area contributed by atoms with Crippen molar-refractivity contribution in [2.75, 3.05) is 6.54 Å². The van der Waals surface area contributed by atoms with E-state index in [1.54, 1.807) is 18.3 Å². The number of H-pyrrole nitrogens is 1. The molecule has 1 aliphatic carbocycles. The predicted octanol–water partition coefficient (Wildman–Crippen LogP) is 4.91. The van der Waals surface area contributed by atoms with Crippen molar-refractivity contribution in [3.63, 3.8) is 0 Å². The number of alkyl carbamates (subject to hydrolysis) is 1. The summed E-state index contributed by atoms with van der Waals surface area (Å²) >= 11 is 0. The molecule has 2 aromatic carbocycles.